The molecule has 1 aliphatic carbocycles. The summed E-state index contributed by atoms with van der Waals surface area (Å²) in [6.45, 7) is 39.2. The van der Waals surface area contributed by atoms with Crippen LogP contribution in [0.2, 0.25) is 0 Å². The molecule has 0 spiro atoms. The lowest BCUT2D eigenvalue weighted by Crippen LogP contribution is -2.26. The van der Waals surface area contributed by atoms with E-state index >= 15 is 0 Å². The van der Waals surface area contributed by atoms with E-state index in [-0.39, 0.29) is 61.6 Å². The van der Waals surface area contributed by atoms with Gasteiger partial charge in [0.05, 0.1) is 7.11 Å². The maximum absolute atomic E-state index is 11.6. The number of halogens is 24. The van der Waals surface area contributed by atoms with Crippen molar-refractivity contribution in [1.82, 2.24) is 0 Å². The lowest BCUT2D eigenvalue weighted by atomic mass is 9.69. The van der Waals surface area contributed by atoms with Crippen molar-refractivity contribution in [3.8, 4) is 51.4 Å². The fraction of sp³-hybridized carbons (Fsp3) is 0.262. The molecule has 0 fully saturated rings. The van der Waals surface area contributed by atoms with Gasteiger partial charge in [0, 0.05) is 182 Å². The third kappa shape index (κ3) is 29.7. The Morgan fingerprint density at radius 2 is 0.504 bits per heavy atom. The average Bonchev–Trinajstić information content (AvgIpc) is 1.55. The van der Waals surface area contributed by atoms with Gasteiger partial charge in [0.25, 0.3) is 0 Å². The first kappa shape index (κ1) is 125. The van der Waals surface area contributed by atoms with E-state index in [1.165, 1.54) is 61.2 Å². The summed E-state index contributed by atoms with van der Waals surface area (Å²) >= 11 is 0. The Morgan fingerprint density at radius 1 is 0.266 bits per heavy atom. The molecular formula is C107H112F24O8. The minimum absolute atomic E-state index is 0.0279. The number of carbonyl (C=O) groups is 1. The fourth-order valence-electron chi connectivity index (χ4n) is 16.9. The number of benzene rings is 13. The Hall–Kier alpha value is -13.6. The molecule has 0 saturated carbocycles. The Labute approximate surface area is 792 Å². The van der Waals surface area contributed by atoms with E-state index in [1.807, 2.05) is 93.6 Å². The first-order chi connectivity index (χ1) is 66.3. The van der Waals surface area contributed by atoms with E-state index in [9.17, 15) is 35.4 Å². The van der Waals surface area contributed by atoms with Crippen LogP contribution in [0.3, 0.4) is 0 Å². The highest BCUT2D eigenvalue weighted by Gasteiger charge is 2.44. The van der Waals surface area contributed by atoms with Crippen molar-refractivity contribution in [1.29, 1.82) is 0 Å². The predicted octanol–water partition coefficient (Wildman–Crippen LogP) is 35.7. The zero-order chi connectivity index (χ0) is 107. The maximum Gasteiger partial charge on any atom is 0.150 e. The molecule has 756 valence electrons. The summed E-state index contributed by atoms with van der Waals surface area (Å²) in [5, 5.41) is 63.0. The summed E-state index contributed by atoms with van der Waals surface area (Å²) in [5.74, 6) is 2.66. The summed E-state index contributed by atoms with van der Waals surface area (Å²) in [5.41, 5.74) is 25.2. The Kier molecular flexibility index (Phi) is 53.8. The highest BCUT2D eigenvalue weighted by molar-refractivity contribution is 5.84. The molecule has 1 aliphatic rings. The van der Waals surface area contributed by atoms with Crippen LogP contribution in [0.15, 0.2) is 279 Å². The number of hydrogen-bond acceptors (Lipinski definition) is 8. The molecule has 0 heterocycles. The van der Waals surface area contributed by atoms with Crippen molar-refractivity contribution < 1.29 is 150 Å². The number of aromatic hydroxyl groups is 6. The molecule has 0 saturated heterocycles. The SMILES string of the molecule is COc1ccc(C(C)c2cc(C(C)(C)c3cccc(C(C)(C)c4ccc(O)cc4)c3)cc(C)c2O)cc1.Cc1cc(C(C)(C)c2cccc(C(C)(C)c3ccc(O)cc3)c2)cc(C(C)c2ccc(C=O)cc2)c1O.Cc1cc(C(C)(C)c2cccc(C(C)(C)c3ccc(O)cc3)c2)cc(C2(C)c3ccccc3-c3ccccc32)c1O.FF.FF.FF.FF.FF.FF.FF.FF.FF.FF.FF.FF. The number of aryl methyl sites for hydroxylation is 3. The van der Waals surface area contributed by atoms with Gasteiger partial charge in [-0.3, -0.25) is 4.79 Å². The number of rotatable bonds is 19. The normalized spacial score (nSPS) is 11.5. The van der Waals surface area contributed by atoms with Gasteiger partial charge in [-0.05, 0) is 199 Å². The highest BCUT2D eigenvalue weighted by Crippen LogP contribution is 2.56. The van der Waals surface area contributed by atoms with Crippen LogP contribution in [0.5, 0.6) is 40.2 Å². The van der Waals surface area contributed by atoms with Gasteiger partial charge in [0.1, 0.15) is 46.5 Å². The number of phenolic OH excluding ortho intramolecular Hbond substituents is 6. The van der Waals surface area contributed by atoms with Crippen LogP contribution in [-0.4, -0.2) is 44.0 Å². The third-order valence-corrected chi connectivity index (χ3v) is 25.7. The summed E-state index contributed by atoms with van der Waals surface area (Å²) in [7, 11) is 1.67. The van der Waals surface area contributed by atoms with Gasteiger partial charge in [0.2, 0.25) is 0 Å². The van der Waals surface area contributed by atoms with E-state index in [2.05, 4.69) is 274 Å². The summed E-state index contributed by atoms with van der Waals surface area (Å²) in [6.07, 6.45) is 0.844. The predicted molar refractivity (Wildman–Crippen MR) is 499 cm³/mol. The van der Waals surface area contributed by atoms with Crippen LogP contribution >= 0.6 is 0 Å². The molecule has 0 amide bonds. The summed E-state index contributed by atoms with van der Waals surface area (Å²) < 4.78 is 197. The molecular weight excluding hydrogens is 1870 g/mol. The Balaban J connectivity index is 0.00000185. The van der Waals surface area contributed by atoms with Crippen LogP contribution in [0, 0.1) is 20.8 Å². The molecule has 13 aromatic rings. The zero-order valence-electron chi connectivity index (χ0n) is 79.4. The van der Waals surface area contributed by atoms with Crippen molar-refractivity contribution in [2.45, 2.75) is 174 Å². The van der Waals surface area contributed by atoms with Gasteiger partial charge in [-0.2, -0.15) is 0 Å². The van der Waals surface area contributed by atoms with Crippen molar-refractivity contribution >= 4 is 6.29 Å². The largest absolute Gasteiger partial charge is 0.508 e. The Morgan fingerprint density at radius 3 is 0.763 bits per heavy atom. The van der Waals surface area contributed by atoms with Crippen LogP contribution in [0.1, 0.15) is 248 Å². The lowest BCUT2D eigenvalue weighted by molar-refractivity contribution is 0.108. The molecule has 0 bridgehead atoms. The van der Waals surface area contributed by atoms with Crippen LogP contribution < -0.4 is 4.74 Å². The second kappa shape index (κ2) is 59.6. The standard InChI is InChI=1S/C39H38O2.C34H38O3.C34H36O3.12F2/c1-25-22-29(38(4,5)28-13-11-12-27(23-28)37(2,3)26-18-20-30(40)21-19-26)24-35(36(25)41)39(6)33-16-9-7-14-31(33)32-15-8-10-17-34(32)39;1-22-19-28(21-31(32(22)36)23(2)24-11-17-30(37-7)18-12-24)34(5,6)27-10-8-9-26(20-27)33(3,4)25-13-15-29(35)16-14-25;1-22-18-29(20-31(32(22)37)23(2)25-12-10-24(21-35)11-13-25)34(5,6)28-9-7-8-27(19-28)33(3,4)26-14-16-30(36)17-15-26;12*1-2/h7-24,40-41H,1-6H3;8-21,23,35-36H,1-7H3;7-21,23,36-37H,1-6H3;;;;;;;;;;;;. The molecule has 2 unspecified atom stereocenters. The van der Waals surface area contributed by atoms with Crippen LogP contribution in [0.25, 0.3) is 11.1 Å². The molecule has 6 N–H and O–H groups in total. The van der Waals surface area contributed by atoms with Gasteiger partial charge in [-0.1, -0.05) is 321 Å². The maximum atomic E-state index is 11.6. The molecule has 0 aliphatic heterocycles. The van der Waals surface area contributed by atoms with E-state index in [0.717, 1.165) is 84.4 Å². The first-order valence-electron chi connectivity index (χ1n) is 41.7. The molecule has 139 heavy (non-hydrogen) atoms. The van der Waals surface area contributed by atoms with Gasteiger partial charge < -0.3 is 35.4 Å². The number of methoxy groups -OCH3 is 1. The van der Waals surface area contributed by atoms with Gasteiger partial charge in [-0.25, -0.2) is 0 Å². The lowest BCUT2D eigenvalue weighted by Gasteiger charge is -2.34. The monoisotopic (exact) mass is 1980 g/mol. The van der Waals surface area contributed by atoms with E-state index in [4.69, 9.17) is 115 Å². The van der Waals surface area contributed by atoms with E-state index in [0.29, 0.717) is 22.8 Å². The van der Waals surface area contributed by atoms with Crippen molar-refractivity contribution in [3.05, 3.63) is 407 Å². The minimum Gasteiger partial charge on any atom is -0.508 e. The zero-order valence-corrected chi connectivity index (χ0v) is 79.4. The number of hydrogen-bond donors (Lipinski definition) is 6. The highest BCUT2D eigenvalue weighted by atomic mass is 20.0. The topological polar surface area (TPSA) is 148 Å². The first-order valence-corrected chi connectivity index (χ1v) is 41.7. The molecule has 0 radical (unpaired) electrons. The van der Waals surface area contributed by atoms with E-state index in [1.54, 1.807) is 43.5 Å². The molecule has 2 atom stereocenters. The molecule has 0 aromatic heterocycles. The second-order valence-electron chi connectivity index (χ2n) is 35.0. The van der Waals surface area contributed by atoms with Crippen LogP contribution in [-0.2, 0) is 37.9 Å². The third-order valence-electron chi connectivity index (χ3n) is 25.7. The smallest absolute Gasteiger partial charge is 0.150 e. The Bertz CT molecular complexity index is 5720. The number of carbonyl (C=O) groups excluding carboxylic acids is 1. The number of aldehydes is 1. The second-order valence-corrected chi connectivity index (χ2v) is 35.0. The number of phenols is 6. The number of fused-ring (bicyclic) bond motifs is 3. The van der Waals surface area contributed by atoms with Gasteiger partial charge in [-0.15, -0.1) is 0 Å². The molecule has 14 rings (SSSR count). The molecule has 32 heteroatoms. The van der Waals surface area contributed by atoms with Crippen molar-refractivity contribution in [3.63, 3.8) is 0 Å². The molecule has 8 nitrogen and oxygen atoms in total. The number of ether oxygens (including phenoxy) is 1. The van der Waals surface area contributed by atoms with Crippen LogP contribution in [0.4, 0.5) is 110 Å². The summed E-state index contributed by atoms with van der Waals surface area (Å²) in [6, 6.07) is 94.4. The fourth-order valence-corrected chi connectivity index (χ4v) is 16.9. The van der Waals surface area contributed by atoms with Gasteiger partial charge in [0.15, 0.2) is 0 Å². The van der Waals surface area contributed by atoms with E-state index < -0.39 is 5.41 Å². The van der Waals surface area contributed by atoms with Gasteiger partial charge >= 0.3 is 0 Å². The minimum atomic E-state index is -0.475. The quantitative estimate of drug-likeness (QED) is 0.0346. The summed E-state index contributed by atoms with van der Waals surface area (Å²) in [4.78, 5) is 11.1. The van der Waals surface area contributed by atoms with Crippen molar-refractivity contribution in [2.75, 3.05) is 7.11 Å². The van der Waals surface area contributed by atoms with Crippen molar-refractivity contribution in [2.24, 2.45) is 0 Å². The average molecular weight is 1980 g/mol. The molecule has 13 aromatic carbocycles.